The predicted octanol–water partition coefficient (Wildman–Crippen LogP) is 4.69. The molecule has 0 aliphatic carbocycles. The molecule has 0 aliphatic heterocycles. The Morgan fingerprint density at radius 2 is 1.90 bits per heavy atom. The first-order chi connectivity index (χ1) is 9.31. The van der Waals surface area contributed by atoms with Gasteiger partial charge in [0.15, 0.2) is 0 Å². The number of hydrogen-bond donors (Lipinski definition) is 1. The zero-order chi connectivity index (χ0) is 15.3. The maximum atomic E-state index is 12.9. The quantitative estimate of drug-likeness (QED) is 0.769. The SMILES string of the molecule is CCCCN(c1ccc(N)c(C(F)(F)F)c1)C(C)CC. The fourth-order valence-electron chi connectivity index (χ4n) is 2.12. The van der Waals surface area contributed by atoms with Crippen molar-refractivity contribution < 1.29 is 13.2 Å². The number of unbranched alkanes of at least 4 members (excludes halogenated alkanes) is 1. The van der Waals surface area contributed by atoms with Crippen LogP contribution in [0.15, 0.2) is 18.2 Å². The van der Waals surface area contributed by atoms with E-state index in [1.165, 1.54) is 6.07 Å². The molecule has 0 aliphatic rings. The van der Waals surface area contributed by atoms with Crippen LogP contribution < -0.4 is 10.6 Å². The molecule has 1 rings (SSSR count). The lowest BCUT2D eigenvalue weighted by molar-refractivity contribution is -0.136. The van der Waals surface area contributed by atoms with Crippen molar-refractivity contribution in [3.63, 3.8) is 0 Å². The first kappa shape index (κ1) is 16.7. The fourth-order valence-corrected chi connectivity index (χ4v) is 2.12. The van der Waals surface area contributed by atoms with Gasteiger partial charge in [0.2, 0.25) is 0 Å². The molecule has 0 saturated heterocycles. The molecule has 0 aromatic heterocycles. The Labute approximate surface area is 118 Å². The molecular formula is C15H23F3N2. The number of nitrogen functional groups attached to an aromatic ring is 1. The second kappa shape index (κ2) is 6.86. The molecule has 0 spiro atoms. The van der Waals surface area contributed by atoms with E-state index in [1.807, 2.05) is 18.7 Å². The first-order valence-electron chi connectivity index (χ1n) is 7.04. The van der Waals surface area contributed by atoms with E-state index in [4.69, 9.17) is 5.73 Å². The zero-order valence-corrected chi connectivity index (χ0v) is 12.3. The number of anilines is 2. The minimum atomic E-state index is -4.41. The van der Waals surface area contributed by atoms with Crippen LogP contribution in [0, 0.1) is 0 Å². The minimum Gasteiger partial charge on any atom is -0.398 e. The van der Waals surface area contributed by atoms with Crippen LogP contribution in [0.1, 0.15) is 45.6 Å². The minimum absolute atomic E-state index is 0.200. The van der Waals surface area contributed by atoms with Crippen molar-refractivity contribution in [1.82, 2.24) is 0 Å². The molecule has 2 nitrogen and oxygen atoms in total. The van der Waals surface area contributed by atoms with Crippen LogP contribution in [0.4, 0.5) is 24.5 Å². The Morgan fingerprint density at radius 1 is 1.25 bits per heavy atom. The standard InChI is InChI=1S/C15H23F3N2/c1-4-6-9-20(11(3)5-2)12-7-8-14(19)13(10-12)15(16,17)18/h7-8,10-11H,4-6,9,19H2,1-3H3. The van der Waals surface area contributed by atoms with Gasteiger partial charge in [0.25, 0.3) is 0 Å². The summed E-state index contributed by atoms with van der Waals surface area (Å²) < 4.78 is 38.8. The molecule has 2 N–H and O–H groups in total. The average molecular weight is 288 g/mol. The summed E-state index contributed by atoms with van der Waals surface area (Å²) in [4.78, 5) is 2.03. The van der Waals surface area contributed by atoms with Crippen molar-refractivity contribution in [3.8, 4) is 0 Å². The van der Waals surface area contributed by atoms with Crippen LogP contribution in [0.5, 0.6) is 0 Å². The summed E-state index contributed by atoms with van der Waals surface area (Å²) in [7, 11) is 0. The van der Waals surface area contributed by atoms with Crippen LogP contribution in [0.3, 0.4) is 0 Å². The molecular weight excluding hydrogens is 265 g/mol. The average Bonchev–Trinajstić information content (AvgIpc) is 2.39. The van der Waals surface area contributed by atoms with Crippen molar-refractivity contribution >= 4 is 11.4 Å². The van der Waals surface area contributed by atoms with E-state index in [1.54, 1.807) is 6.07 Å². The Bertz CT molecular complexity index is 430. The molecule has 1 atom stereocenters. The van der Waals surface area contributed by atoms with Crippen molar-refractivity contribution in [3.05, 3.63) is 23.8 Å². The monoisotopic (exact) mass is 288 g/mol. The molecule has 0 bridgehead atoms. The van der Waals surface area contributed by atoms with Crippen molar-refractivity contribution in [1.29, 1.82) is 0 Å². The van der Waals surface area contributed by atoms with Gasteiger partial charge >= 0.3 is 6.18 Å². The lowest BCUT2D eigenvalue weighted by Crippen LogP contribution is -2.33. The van der Waals surface area contributed by atoms with Gasteiger partial charge in [0.05, 0.1) is 5.56 Å². The van der Waals surface area contributed by atoms with E-state index in [-0.39, 0.29) is 11.7 Å². The summed E-state index contributed by atoms with van der Waals surface area (Å²) in [5.74, 6) is 0. The maximum absolute atomic E-state index is 12.9. The third-order valence-corrected chi connectivity index (χ3v) is 3.55. The second-order valence-corrected chi connectivity index (χ2v) is 5.07. The third-order valence-electron chi connectivity index (χ3n) is 3.55. The van der Waals surface area contributed by atoms with Gasteiger partial charge in [-0.2, -0.15) is 13.2 Å². The van der Waals surface area contributed by atoms with Crippen molar-refractivity contribution in [2.24, 2.45) is 0 Å². The van der Waals surface area contributed by atoms with Gasteiger partial charge < -0.3 is 10.6 Å². The van der Waals surface area contributed by atoms with E-state index in [0.29, 0.717) is 5.69 Å². The lowest BCUT2D eigenvalue weighted by Gasteiger charge is -2.31. The molecule has 0 saturated carbocycles. The molecule has 0 radical (unpaired) electrons. The van der Waals surface area contributed by atoms with Gasteiger partial charge in [-0.05, 0) is 38.0 Å². The molecule has 0 heterocycles. The highest BCUT2D eigenvalue weighted by atomic mass is 19.4. The Hall–Kier alpha value is -1.39. The zero-order valence-electron chi connectivity index (χ0n) is 12.3. The van der Waals surface area contributed by atoms with Crippen LogP contribution >= 0.6 is 0 Å². The molecule has 1 aromatic rings. The molecule has 5 heteroatoms. The largest absolute Gasteiger partial charge is 0.418 e. The predicted molar refractivity (Wildman–Crippen MR) is 77.9 cm³/mol. The van der Waals surface area contributed by atoms with E-state index < -0.39 is 11.7 Å². The summed E-state index contributed by atoms with van der Waals surface area (Å²) in [6.45, 7) is 6.89. The summed E-state index contributed by atoms with van der Waals surface area (Å²) in [6, 6.07) is 4.38. The summed E-state index contributed by atoms with van der Waals surface area (Å²) in [5, 5.41) is 0. The van der Waals surface area contributed by atoms with E-state index in [9.17, 15) is 13.2 Å². The van der Waals surface area contributed by atoms with Gasteiger partial charge in [0.1, 0.15) is 0 Å². The Balaban J connectivity index is 3.14. The molecule has 0 amide bonds. The highest BCUT2D eigenvalue weighted by Crippen LogP contribution is 2.36. The molecule has 0 fully saturated rings. The van der Waals surface area contributed by atoms with E-state index in [0.717, 1.165) is 31.9 Å². The van der Waals surface area contributed by atoms with Crippen LogP contribution in [0.25, 0.3) is 0 Å². The molecule has 1 aromatic carbocycles. The number of rotatable bonds is 6. The first-order valence-corrected chi connectivity index (χ1v) is 7.04. The number of alkyl halides is 3. The Morgan fingerprint density at radius 3 is 2.40 bits per heavy atom. The van der Waals surface area contributed by atoms with Gasteiger partial charge in [-0.25, -0.2) is 0 Å². The van der Waals surface area contributed by atoms with E-state index >= 15 is 0 Å². The number of benzene rings is 1. The summed E-state index contributed by atoms with van der Waals surface area (Å²) in [5.41, 5.74) is 5.07. The van der Waals surface area contributed by atoms with Crippen molar-refractivity contribution in [2.45, 2.75) is 52.3 Å². The van der Waals surface area contributed by atoms with Crippen LogP contribution in [-0.2, 0) is 6.18 Å². The number of nitrogens with two attached hydrogens (primary N) is 1. The van der Waals surface area contributed by atoms with Gasteiger partial charge in [0, 0.05) is 24.0 Å². The smallest absolute Gasteiger partial charge is 0.398 e. The summed E-state index contributed by atoms with van der Waals surface area (Å²) in [6.07, 6.45) is -1.56. The topological polar surface area (TPSA) is 29.3 Å². The third kappa shape index (κ3) is 4.05. The van der Waals surface area contributed by atoms with Gasteiger partial charge in [-0.3, -0.25) is 0 Å². The normalized spacial score (nSPS) is 13.3. The fraction of sp³-hybridized carbons (Fsp3) is 0.600. The van der Waals surface area contributed by atoms with Crippen molar-refractivity contribution in [2.75, 3.05) is 17.2 Å². The highest BCUT2D eigenvalue weighted by Gasteiger charge is 2.33. The molecule has 1 unspecified atom stereocenters. The maximum Gasteiger partial charge on any atom is 0.418 e. The molecule has 114 valence electrons. The highest BCUT2D eigenvalue weighted by molar-refractivity contribution is 5.60. The number of halogens is 3. The molecule has 20 heavy (non-hydrogen) atoms. The second-order valence-electron chi connectivity index (χ2n) is 5.07. The number of hydrogen-bond acceptors (Lipinski definition) is 2. The Kier molecular flexibility index (Phi) is 5.72. The number of nitrogens with zero attached hydrogens (tertiary/aromatic N) is 1. The van der Waals surface area contributed by atoms with Gasteiger partial charge in [-0.15, -0.1) is 0 Å². The summed E-state index contributed by atoms with van der Waals surface area (Å²) >= 11 is 0. The van der Waals surface area contributed by atoms with Gasteiger partial charge in [-0.1, -0.05) is 20.3 Å². The van der Waals surface area contributed by atoms with E-state index in [2.05, 4.69) is 6.92 Å². The van der Waals surface area contributed by atoms with Crippen LogP contribution in [-0.4, -0.2) is 12.6 Å². The van der Waals surface area contributed by atoms with Crippen LogP contribution in [0.2, 0.25) is 0 Å². The lowest BCUT2D eigenvalue weighted by atomic mass is 10.1.